The lowest BCUT2D eigenvalue weighted by molar-refractivity contribution is -0.274. The average Bonchev–Trinajstić information content (AvgIpc) is 3.35. The predicted molar refractivity (Wildman–Crippen MR) is 136 cm³/mol. The fraction of sp³-hybridized carbons (Fsp3) is 0.0833. The summed E-state index contributed by atoms with van der Waals surface area (Å²) < 4.78 is 42.3. The van der Waals surface area contributed by atoms with Gasteiger partial charge in [-0.3, -0.25) is 5.43 Å². The van der Waals surface area contributed by atoms with Gasteiger partial charge in [0.2, 0.25) is 0 Å². The van der Waals surface area contributed by atoms with E-state index in [0.717, 1.165) is 22.5 Å². The lowest BCUT2D eigenvalue weighted by Gasteiger charge is -2.09. The van der Waals surface area contributed by atoms with E-state index in [1.807, 2.05) is 55.6 Å². The molecular formula is C24H20F3N7OS. The summed E-state index contributed by atoms with van der Waals surface area (Å²) in [4.78, 5) is 4.28. The second-order valence-corrected chi connectivity index (χ2v) is 7.74. The normalized spacial score (nSPS) is 11.3. The molecule has 36 heavy (non-hydrogen) atoms. The number of nitrogens with one attached hydrogen (secondary N) is 3. The molecule has 4 aromatic rings. The standard InChI is InChI=1S/C24H20F3N7OS/c1-28-18-6-8-19(9-7-18)31-23(36)32-30-14-16-2-4-17(5-3-16)22-29-15-34(33-22)20-10-12-21(13-11-20)35-24(25,26)27/h2-15,28H,1H3,(H2,31,32,36)/b30-14+. The second kappa shape index (κ2) is 10.9. The topological polar surface area (TPSA) is 88.4 Å². The molecule has 0 aliphatic heterocycles. The van der Waals surface area contributed by atoms with Gasteiger partial charge >= 0.3 is 6.36 Å². The van der Waals surface area contributed by atoms with Crippen molar-refractivity contribution in [2.24, 2.45) is 5.10 Å². The maximum absolute atomic E-state index is 12.3. The third-order valence-corrected chi connectivity index (χ3v) is 5.00. The molecule has 0 aliphatic rings. The van der Waals surface area contributed by atoms with Gasteiger partial charge in [-0.2, -0.15) is 5.10 Å². The smallest absolute Gasteiger partial charge is 0.406 e. The number of hydrazone groups is 1. The zero-order chi connectivity index (χ0) is 25.5. The van der Waals surface area contributed by atoms with Crippen molar-refractivity contribution in [3.05, 3.63) is 84.7 Å². The fourth-order valence-electron chi connectivity index (χ4n) is 3.08. The number of hydrogen-bond donors (Lipinski definition) is 3. The van der Waals surface area contributed by atoms with E-state index in [2.05, 4.69) is 36.0 Å². The predicted octanol–water partition coefficient (Wildman–Crippen LogP) is 5.20. The summed E-state index contributed by atoms with van der Waals surface area (Å²) in [6.45, 7) is 0. The van der Waals surface area contributed by atoms with Gasteiger partial charge < -0.3 is 15.4 Å². The minimum absolute atomic E-state index is 0.307. The molecule has 3 N–H and O–H groups in total. The molecule has 0 spiro atoms. The summed E-state index contributed by atoms with van der Waals surface area (Å²) >= 11 is 5.24. The number of benzene rings is 3. The minimum atomic E-state index is -4.74. The van der Waals surface area contributed by atoms with Crippen molar-refractivity contribution in [2.45, 2.75) is 6.36 Å². The van der Waals surface area contributed by atoms with E-state index in [0.29, 0.717) is 16.6 Å². The van der Waals surface area contributed by atoms with Crippen LogP contribution in [0.2, 0.25) is 0 Å². The van der Waals surface area contributed by atoms with Crippen LogP contribution in [0.15, 0.2) is 84.2 Å². The Morgan fingerprint density at radius 3 is 2.28 bits per heavy atom. The van der Waals surface area contributed by atoms with Gasteiger partial charge in [0.05, 0.1) is 11.9 Å². The van der Waals surface area contributed by atoms with Crippen LogP contribution in [0.1, 0.15) is 5.56 Å². The van der Waals surface area contributed by atoms with E-state index in [9.17, 15) is 13.2 Å². The van der Waals surface area contributed by atoms with Crippen molar-refractivity contribution in [2.75, 3.05) is 17.7 Å². The lowest BCUT2D eigenvalue weighted by Crippen LogP contribution is -2.23. The third kappa shape index (κ3) is 6.79. The van der Waals surface area contributed by atoms with Gasteiger partial charge in [0.15, 0.2) is 10.9 Å². The Hall–Kier alpha value is -4.45. The van der Waals surface area contributed by atoms with E-state index in [4.69, 9.17) is 12.2 Å². The van der Waals surface area contributed by atoms with Gasteiger partial charge in [-0.15, -0.1) is 18.3 Å². The van der Waals surface area contributed by atoms with Crippen molar-refractivity contribution < 1.29 is 17.9 Å². The molecule has 0 aliphatic carbocycles. The number of rotatable bonds is 7. The lowest BCUT2D eigenvalue weighted by atomic mass is 10.1. The molecule has 1 aromatic heterocycles. The molecule has 8 nitrogen and oxygen atoms in total. The van der Waals surface area contributed by atoms with E-state index >= 15 is 0 Å². The highest BCUT2D eigenvalue weighted by molar-refractivity contribution is 7.80. The van der Waals surface area contributed by atoms with Gasteiger partial charge in [0, 0.05) is 24.0 Å². The van der Waals surface area contributed by atoms with Crippen molar-refractivity contribution in [1.82, 2.24) is 20.2 Å². The molecule has 0 atom stereocenters. The van der Waals surface area contributed by atoms with Crippen LogP contribution in [0, 0.1) is 0 Å². The first-order valence-corrected chi connectivity index (χ1v) is 11.0. The number of halogens is 3. The Morgan fingerprint density at radius 2 is 1.64 bits per heavy atom. The molecule has 1 heterocycles. The number of alkyl halides is 3. The number of ether oxygens (including phenoxy) is 1. The highest BCUT2D eigenvalue weighted by Crippen LogP contribution is 2.24. The molecule has 184 valence electrons. The van der Waals surface area contributed by atoms with Crippen LogP contribution in [0.3, 0.4) is 0 Å². The minimum Gasteiger partial charge on any atom is -0.406 e. The van der Waals surface area contributed by atoms with Crippen molar-refractivity contribution in [3.8, 4) is 22.8 Å². The molecule has 0 unspecified atom stereocenters. The number of hydrogen-bond acceptors (Lipinski definition) is 6. The molecule has 0 saturated carbocycles. The van der Waals surface area contributed by atoms with Crippen molar-refractivity contribution >= 4 is 34.9 Å². The molecular weight excluding hydrogens is 491 g/mol. The summed E-state index contributed by atoms with van der Waals surface area (Å²) in [6, 6.07) is 20.4. The summed E-state index contributed by atoms with van der Waals surface area (Å²) in [7, 11) is 1.85. The molecule has 0 saturated heterocycles. The number of nitrogens with zero attached hydrogens (tertiary/aromatic N) is 4. The van der Waals surface area contributed by atoms with Crippen LogP contribution in [-0.4, -0.2) is 39.5 Å². The number of anilines is 2. The first-order chi connectivity index (χ1) is 17.3. The van der Waals surface area contributed by atoms with Gasteiger partial charge in [0.1, 0.15) is 12.1 Å². The van der Waals surface area contributed by atoms with Gasteiger partial charge in [-0.05, 0) is 66.3 Å². The highest BCUT2D eigenvalue weighted by atomic mass is 32.1. The molecule has 4 rings (SSSR count). The van der Waals surface area contributed by atoms with Crippen molar-refractivity contribution in [3.63, 3.8) is 0 Å². The summed E-state index contributed by atoms with van der Waals surface area (Å²) in [5.41, 5.74) is 6.73. The highest BCUT2D eigenvalue weighted by Gasteiger charge is 2.31. The first-order valence-electron chi connectivity index (χ1n) is 10.6. The number of thiocarbonyl (C=S) groups is 1. The largest absolute Gasteiger partial charge is 0.573 e. The summed E-state index contributed by atoms with van der Waals surface area (Å²) in [5.74, 6) is 0.153. The molecule has 0 radical (unpaired) electrons. The van der Waals surface area contributed by atoms with E-state index < -0.39 is 6.36 Å². The fourth-order valence-corrected chi connectivity index (χ4v) is 3.25. The van der Waals surface area contributed by atoms with Gasteiger partial charge in [-0.1, -0.05) is 24.3 Å². The van der Waals surface area contributed by atoms with Crippen LogP contribution in [0.25, 0.3) is 17.1 Å². The Morgan fingerprint density at radius 1 is 0.972 bits per heavy atom. The SMILES string of the molecule is CNc1ccc(NC(=S)N/N=C/c2ccc(-c3ncn(-c4ccc(OC(F)(F)F)cc4)n3)cc2)cc1. The molecule has 0 amide bonds. The Balaban J connectivity index is 1.33. The van der Waals surface area contributed by atoms with Gasteiger partial charge in [0.25, 0.3) is 0 Å². The summed E-state index contributed by atoms with van der Waals surface area (Å²) in [6.07, 6.45) is -1.64. The van der Waals surface area contributed by atoms with Crippen LogP contribution in [-0.2, 0) is 0 Å². The maximum Gasteiger partial charge on any atom is 0.573 e. The van der Waals surface area contributed by atoms with E-state index in [1.165, 1.54) is 35.3 Å². The van der Waals surface area contributed by atoms with Crippen LogP contribution >= 0.6 is 12.2 Å². The average molecular weight is 512 g/mol. The van der Waals surface area contributed by atoms with Gasteiger partial charge in [-0.25, -0.2) is 9.67 Å². The molecule has 0 bridgehead atoms. The molecule has 0 fully saturated rings. The number of aromatic nitrogens is 3. The first kappa shape index (κ1) is 24.7. The Kier molecular flexibility index (Phi) is 7.44. The molecule has 3 aromatic carbocycles. The Labute approximate surface area is 209 Å². The Bertz CT molecular complexity index is 1340. The van der Waals surface area contributed by atoms with Crippen molar-refractivity contribution in [1.29, 1.82) is 0 Å². The van der Waals surface area contributed by atoms with Crippen LogP contribution in [0.4, 0.5) is 24.5 Å². The quantitative estimate of drug-likeness (QED) is 0.179. The molecule has 12 heteroatoms. The van der Waals surface area contributed by atoms with E-state index in [-0.39, 0.29) is 5.75 Å². The van der Waals surface area contributed by atoms with Crippen LogP contribution < -0.4 is 20.8 Å². The van der Waals surface area contributed by atoms with Crippen LogP contribution in [0.5, 0.6) is 5.75 Å². The zero-order valence-corrected chi connectivity index (χ0v) is 19.6. The zero-order valence-electron chi connectivity index (χ0n) is 18.8. The maximum atomic E-state index is 12.3. The van der Waals surface area contributed by atoms with E-state index in [1.54, 1.807) is 6.21 Å². The second-order valence-electron chi connectivity index (χ2n) is 7.33. The third-order valence-electron chi connectivity index (χ3n) is 4.81. The monoisotopic (exact) mass is 511 g/mol. The summed E-state index contributed by atoms with van der Waals surface area (Å²) in [5, 5.41) is 15.0.